The Balaban J connectivity index is 3.16. The number of aromatic carboxylic acids is 2. The number of unbranched alkanes of at least 4 members (excludes halogenated alkanes) is 1. The number of hydrogen-bond donors (Lipinski definition) is 2. The first-order chi connectivity index (χ1) is 8.57. The van der Waals surface area contributed by atoms with Crippen LogP contribution < -0.4 is 0 Å². The van der Waals surface area contributed by atoms with E-state index < -0.39 is 11.9 Å². The Morgan fingerprint density at radius 3 is 2.11 bits per heavy atom. The lowest BCUT2D eigenvalue weighted by atomic mass is 9.98. The molecular weight excluding hydrogens is 232 g/mol. The van der Waals surface area contributed by atoms with Gasteiger partial charge in [-0.1, -0.05) is 18.9 Å². The Morgan fingerprint density at radius 1 is 1.11 bits per heavy atom. The van der Waals surface area contributed by atoms with Crippen molar-refractivity contribution >= 4 is 11.9 Å². The minimum atomic E-state index is -1.13. The summed E-state index contributed by atoms with van der Waals surface area (Å²) in [6, 6.07) is 4.22. The predicted octanol–water partition coefficient (Wildman–Crippen LogP) is 2.43. The van der Waals surface area contributed by atoms with Crippen LogP contribution in [0.4, 0.5) is 0 Å². The lowest BCUT2D eigenvalue weighted by Crippen LogP contribution is -2.09. The molecule has 0 saturated heterocycles. The van der Waals surface area contributed by atoms with Gasteiger partial charge in [0.1, 0.15) is 0 Å². The van der Waals surface area contributed by atoms with E-state index in [2.05, 4.69) is 11.8 Å². The van der Waals surface area contributed by atoms with E-state index in [-0.39, 0.29) is 23.1 Å². The highest BCUT2D eigenvalue weighted by Crippen LogP contribution is 2.16. The minimum Gasteiger partial charge on any atom is -0.478 e. The largest absolute Gasteiger partial charge is 0.478 e. The molecule has 0 heterocycles. The molecule has 4 heteroatoms. The molecule has 0 aliphatic carbocycles. The molecule has 2 N–H and O–H groups in total. The number of carboxylic acids is 2. The molecule has 1 rings (SSSR count). The van der Waals surface area contributed by atoms with E-state index in [1.54, 1.807) is 0 Å². The maximum absolute atomic E-state index is 11.0. The van der Waals surface area contributed by atoms with Crippen LogP contribution >= 0.6 is 0 Å². The van der Waals surface area contributed by atoms with Crippen LogP contribution in [-0.2, 0) is 6.42 Å². The fraction of sp³-hybridized carbons (Fsp3) is 0.286. The van der Waals surface area contributed by atoms with Crippen molar-refractivity contribution in [2.24, 2.45) is 0 Å². The fourth-order valence-electron chi connectivity index (χ4n) is 1.54. The minimum absolute atomic E-state index is 0.000647. The Morgan fingerprint density at radius 2 is 1.67 bits per heavy atom. The van der Waals surface area contributed by atoms with Gasteiger partial charge in [-0.25, -0.2) is 9.59 Å². The Kier molecular flexibility index (Phi) is 4.94. The summed E-state index contributed by atoms with van der Waals surface area (Å²) in [4.78, 5) is 22.1. The van der Waals surface area contributed by atoms with Crippen LogP contribution in [0.3, 0.4) is 0 Å². The van der Waals surface area contributed by atoms with Crippen LogP contribution in [0.25, 0.3) is 0 Å². The number of hydrogen-bond acceptors (Lipinski definition) is 2. The molecule has 0 amide bonds. The van der Waals surface area contributed by atoms with E-state index >= 15 is 0 Å². The average molecular weight is 246 g/mol. The second-order valence-corrected chi connectivity index (χ2v) is 3.72. The SMILES string of the molecule is CCCC#CCc1c(C(=O)O)cccc1C(=O)O. The molecule has 0 aliphatic heterocycles. The highest BCUT2D eigenvalue weighted by Gasteiger charge is 2.16. The van der Waals surface area contributed by atoms with Crippen molar-refractivity contribution in [3.05, 3.63) is 34.9 Å². The average Bonchev–Trinajstić information content (AvgIpc) is 2.34. The molecule has 0 spiro atoms. The summed E-state index contributed by atoms with van der Waals surface area (Å²) in [6.07, 6.45) is 1.78. The molecule has 0 atom stereocenters. The molecule has 0 bridgehead atoms. The Hall–Kier alpha value is -2.28. The second kappa shape index (κ2) is 6.45. The van der Waals surface area contributed by atoms with Crippen LogP contribution in [0.15, 0.2) is 18.2 Å². The van der Waals surface area contributed by atoms with Crippen LogP contribution in [0.5, 0.6) is 0 Å². The Labute approximate surface area is 105 Å². The summed E-state index contributed by atoms with van der Waals surface area (Å²) < 4.78 is 0. The van der Waals surface area contributed by atoms with Gasteiger partial charge < -0.3 is 10.2 Å². The third-order valence-electron chi connectivity index (χ3n) is 2.40. The highest BCUT2D eigenvalue weighted by atomic mass is 16.4. The molecule has 0 radical (unpaired) electrons. The monoisotopic (exact) mass is 246 g/mol. The van der Waals surface area contributed by atoms with E-state index in [0.717, 1.165) is 12.8 Å². The summed E-state index contributed by atoms with van der Waals surface area (Å²) >= 11 is 0. The van der Waals surface area contributed by atoms with Gasteiger partial charge in [0.05, 0.1) is 11.1 Å². The summed E-state index contributed by atoms with van der Waals surface area (Å²) in [5, 5.41) is 18.1. The van der Waals surface area contributed by atoms with Crippen molar-refractivity contribution in [3.8, 4) is 11.8 Å². The van der Waals surface area contributed by atoms with E-state index in [1.165, 1.54) is 18.2 Å². The van der Waals surface area contributed by atoms with Crippen molar-refractivity contribution < 1.29 is 19.8 Å². The summed E-state index contributed by atoms with van der Waals surface area (Å²) in [7, 11) is 0. The van der Waals surface area contributed by atoms with Crippen molar-refractivity contribution in [2.75, 3.05) is 0 Å². The van der Waals surface area contributed by atoms with Gasteiger partial charge in [0, 0.05) is 12.8 Å². The lowest BCUT2D eigenvalue weighted by Gasteiger charge is -2.06. The van der Waals surface area contributed by atoms with Crippen LogP contribution in [0, 0.1) is 11.8 Å². The molecule has 0 aliphatic rings. The summed E-state index contributed by atoms with van der Waals surface area (Å²) in [5.74, 6) is 3.43. The molecule has 94 valence electrons. The first-order valence-corrected chi connectivity index (χ1v) is 5.62. The standard InChI is InChI=1S/C14H14O4/c1-2-3-4-5-7-10-11(13(15)16)8-6-9-12(10)14(17)18/h6,8-9H,2-3,7H2,1H3,(H,15,16)(H,17,18). The molecule has 18 heavy (non-hydrogen) atoms. The smallest absolute Gasteiger partial charge is 0.336 e. The van der Waals surface area contributed by atoms with Gasteiger partial charge in [-0.15, -0.1) is 5.92 Å². The first kappa shape index (κ1) is 13.8. The molecule has 1 aromatic carbocycles. The molecule has 0 aromatic heterocycles. The van der Waals surface area contributed by atoms with Gasteiger partial charge in [-0.2, -0.15) is 0 Å². The molecule has 4 nitrogen and oxygen atoms in total. The third-order valence-corrected chi connectivity index (χ3v) is 2.40. The van der Waals surface area contributed by atoms with Gasteiger partial charge in [-0.3, -0.25) is 0 Å². The van der Waals surface area contributed by atoms with Gasteiger partial charge in [0.25, 0.3) is 0 Å². The molecule has 0 saturated carbocycles. The zero-order chi connectivity index (χ0) is 13.5. The maximum Gasteiger partial charge on any atom is 0.336 e. The van der Waals surface area contributed by atoms with Crippen molar-refractivity contribution in [2.45, 2.75) is 26.2 Å². The van der Waals surface area contributed by atoms with Crippen LogP contribution in [-0.4, -0.2) is 22.2 Å². The Bertz CT molecular complexity index is 488. The molecular formula is C14H14O4. The van der Waals surface area contributed by atoms with Crippen LogP contribution in [0.2, 0.25) is 0 Å². The summed E-state index contributed by atoms with van der Waals surface area (Å²) in [5.41, 5.74) is 0.266. The zero-order valence-electron chi connectivity index (χ0n) is 10.1. The van der Waals surface area contributed by atoms with Crippen molar-refractivity contribution in [1.29, 1.82) is 0 Å². The number of rotatable bonds is 4. The molecule has 0 unspecified atom stereocenters. The van der Waals surface area contributed by atoms with E-state index in [1.807, 2.05) is 6.92 Å². The number of benzene rings is 1. The highest BCUT2D eigenvalue weighted by molar-refractivity contribution is 5.96. The molecule has 0 fully saturated rings. The van der Waals surface area contributed by atoms with Gasteiger partial charge in [-0.05, 0) is 24.1 Å². The van der Waals surface area contributed by atoms with Crippen molar-refractivity contribution in [3.63, 3.8) is 0 Å². The van der Waals surface area contributed by atoms with E-state index in [0.29, 0.717) is 0 Å². The quantitative estimate of drug-likeness (QED) is 0.800. The second-order valence-electron chi connectivity index (χ2n) is 3.72. The fourth-order valence-corrected chi connectivity index (χ4v) is 1.54. The zero-order valence-corrected chi connectivity index (χ0v) is 10.1. The molecule has 1 aromatic rings. The first-order valence-electron chi connectivity index (χ1n) is 5.62. The maximum atomic E-state index is 11.0. The van der Waals surface area contributed by atoms with E-state index in [9.17, 15) is 9.59 Å². The van der Waals surface area contributed by atoms with E-state index in [4.69, 9.17) is 10.2 Å². The van der Waals surface area contributed by atoms with Crippen molar-refractivity contribution in [1.82, 2.24) is 0 Å². The van der Waals surface area contributed by atoms with Gasteiger partial charge in [0.2, 0.25) is 0 Å². The van der Waals surface area contributed by atoms with Crippen LogP contribution in [0.1, 0.15) is 46.0 Å². The topological polar surface area (TPSA) is 74.6 Å². The summed E-state index contributed by atoms with van der Waals surface area (Å²) in [6.45, 7) is 1.99. The number of carbonyl (C=O) groups is 2. The van der Waals surface area contributed by atoms with Gasteiger partial charge in [0.15, 0.2) is 0 Å². The third kappa shape index (κ3) is 3.36. The predicted molar refractivity (Wildman–Crippen MR) is 66.7 cm³/mol. The lowest BCUT2D eigenvalue weighted by molar-refractivity contribution is 0.0696. The van der Waals surface area contributed by atoms with Gasteiger partial charge >= 0.3 is 11.9 Å². The normalized spacial score (nSPS) is 9.39. The number of carboxylic acid groups (broad SMARTS) is 2.